The quantitative estimate of drug-likeness (QED) is 0.139. The summed E-state index contributed by atoms with van der Waals surface area (Å²) in [5, 5.41) is 4.87. The summed E-state index contributed by atoms with van der Waals surface area (Å²) in [6, 6.07) is 49.5. The van der Waals surface area contributed by atoms with E-state index in [2.05, 4.69) is 185 Å². The third-order valence-electron chi connectivity index (χ3n) is 8.92. The molecule has 7 rings (SSSR count). The van der Waals surface area contributed by atoms with Crippen molar-refractivity contribution < 1.29 is 0 Å². The van der Waals surface area contributed by atoms with Crippen molar-refractivity contribution in [1.29, 1.82) is 0 Å². The summed E-state index contributed by atoms with van der Waals surface area (Å²) in [4.78, 5) is 4.91. The van der Waals surface area contributed by atoms with Crippen molar-refractivity contribution in [3.8, 4) is 0 Å². The van der Waals surface area contributed by atoms with Crippen LogP contribution in [-0.4, -0.2) is 0 Å². The molecule has 0 spiro atoms. The second kappa shape index (κ2) is 11.9. The molecule has 7 aromatic carbocycles. The standard InChI is InChI=1S/C44H40N2/c1-29-13-19-35(20-14-29)45(37-11-7-9-31(3)25-37)43-39-23-17-34(6)28-42(39)44(40-24-18-33(5)27-41(40)43)46(36-21-15-30(2)16-22-36)38-12-8-10-32(4)26-38/h7-28H,1-6H3. The third kappa shape index (κ3) is 5.41. The molecule has 0 amide bonds. The lowest BCUT2D eigenvalue weighted by molar-refractivity contribution is 1.27. The predicted molar refractivity (Wildman–Crippen MR) is 199 cm³/mol. The second-order valence-electron chi connectivity index (χ2n) is 12.8. The molecule has 0 saturated carbocycles. The van der Waals surface area contributed by atoms with Gasteiger partial charge in [-0.1, -0.05) is 95.1 Å². The smallest absolute Gasteiger partial charge is 0.0620 e. The first-order chi connectivity index (χ1) is 22.3. The van der Waals surface area contributed by atoms with E-state index >= 15 is 0 Å². The Balaban J connectivity index is 1.66. The number of aryl methyl sites for hydroxylation is 6. The highest BCUT2D eigenvalue weighted by atomic mass is 15.2. The summed E-state index contributed by atoms with van der Waals surface area (Å²) in [5.41, 5.74) is 14.4. The highest BCUT2D eigenvalue weighted by Gasteiger charge is 2.25. The van der Waals surface area contributed by atoms with Crippen LogP contribution in [0, 0.1) is 41.5 Å². The van der Waals surface area contributed by atoms with Gasteiger partial charge < -0.3 is 9.80 Å². The number of hydrogen-bond acceptors (Lipinski definition) is 2. The van der Waals surface area contributed by atoms with Crippen molar-refractivity contribution in [3.05, 3.63) is 167 Å². The van der Waals surface area contributed by atoms with Gasteiger partial charge in [-0.2, -0.15) is 0 Å². The Morgan fingerprint density at radius 3 is 1.00 bits per heavy atom. The van der Waals surface area contributed by atoms with Crippen LogP contribution in [0.5, 0.6) is 0 Å². The van der Waals surface area contributed by atoms with Gasteiger partial charge in [0.15, 0.2) is 0 Å². The molecule has 46 heavy (non-hydrogen) atoms. The van der Waals surface area contributed by atoms with Crippen LogP contribution >= 0.6 is 0 Å². The molecule has 0 N–H and O–H groups in total. The monoisotopic (exact) mass is 596 g/mol. The minimum absolute atomic E-state index is 1.14. The maximum absolute atomic E-state index is 2.46. The maximum Gasteiger partial charge on any atom is 0.0620 e. The fraction of sp³-hybridized carbons (Fsp3) is 0.136. The van der Waals surface area contributed by atoms with Crippen molar-refractivity contribution in [2.45, 2.75) is 41.5 Å². The first kappa shape index (κ1) is 29.4. The lowest BCUT2D eigenvalue weighted by atomic mass is 9.93. The van der Waals surface area contributed by atoms with Gasteiger partial charge in [0.05, 0.1) is 11.4 Å². The number of hydrogen-bond donors (Lipinski definition) is 0. The Kier molecular flexibility index (Phi) is 7.58. The van der Waals surface area contributed by atoms with Crippen molar-refractivity contribution in [3.63, 3.8) is 0 Å². The molecule has 2 heteroatoms. The molecular weight excluding hydrogens is 556 g/mol. The van der Waals surface area contributed by atoms with Crippen molar-refractivity contribution in [2.24, 2.45) is 0 Å². The summed E-state index contributed by atoms with van der Waals surface area (Å²) in [6.45, 7) is 13.0. The fourth-order valence-corrected chi connectivity index (χ4v) is 6.63. The maximum atomic E-state index is 2.46. The van der Waals surface area contributed by atoms with Gasteiger partial charge in [0, 0.05) is 44.3 Å². The van der Waals surface area contributed by atoms with Gasteiger partial charge in [-0.15, -0.1) is 0 Å². The number of rotatable bonds is 6. The third-order valence-corrected chi connectivity index (χ3v) is 8.92. The molecule has 0 aliphatic carbocycles. The zero-order chi connectivity index (χ0) is 31.9. The van der Waals surface area contributed by atoms with E-state index in [9.17, 15) is 0 Å². The summed E-state index contributed by atoms with van der Waals surface area (Å²) in [7, 11) is 0. The van der Waals surface area contributed by atoms with Gasteiger partial charge in [-0.25, -0.2) is 0 Å². The van der Waals surface area contributed by atoms with Crippen LogP contribution < -0.4 is 9.80 Å². The van der Waals surface area contributed by atoms with E-state index in [1.54, 1.807) is 0 Å². The Labute approximate surface area is 273 Å². The van der Waals surface area contributed by atoms with Crippen molar-refractivity contribution in [1.82, 2.24) is 0 Å². The fourth-order valence-electron chi connectivity index (χ4n) is 6.63. The van der Waals surface area contributed by atoms with E-state index in [4.69, 9.17) is 0 Å². The SMILES string of the molecule is Cc1ccc(N(c2cccc(C)c2)c2c3ccc(C)cc3c(N(c3ccc(C)cc3)c3cccc(C)c3)c3ccc(C)cc23)cc1. The summed E-state index contributed by atoms with van der Waals surface area (Å²) in [6.07, 6.45) is 0. The Bertz CT molecular complexity index is 2050. The first-order valence-corrected chi connectivity index (χ1v) is 16.1. The minimum atomic E-state index is 1.14. The molecule has 2 nitrogen and oxygen atoms in total. The van der Waals surface area contributed by atoms with E-state index in [0.717, 1.165) is 22.7 Å². The zero-order valence-electron chi connectivity index (χ0n) is 27.6. The molecule has 0 aliphatic rings. The normalized spacial score (nSPS) is 11.3. The van der Waals surface area contributed by atoms with Crippen LogP contribution in [0.4, 0.5) is 34.1 Å². The summed E-state index contributed by atoms with van der Waals surface area (Å²) < 4.78 is 0. The molecule has 0 heterocycles. The molecule has 0 fully saturated rings. The van der Waals surface area contributed by atoms with E-state index in [-0.39, 0.29) is 0 Å². The van der Waals surface area contributed by atoms with E-state index in [1.165, 1.54) is 66.3 Å². The van der Waals surface area contributed by atoms with Crippen LogP contribution in [0.25, 0.3) is 21.5 Å². The van der Waals surface area contributed by atoms with Gasteiger partial charge >= 0.3 is 0 Å². The van der Waals surface area contributed by atoms with Crippen LogP contribution in [0.3, 0.4) is 0 Å². The average molecular weight is 597 g/mol. The van der Waals surface area contributed by atoms with E-state index in [1.807, 2.05) is 0 Å². The number of anilines is 6. The highest BCUT2D eigenvalue weighted by molar-refractivity contribution is 6.23. The van der Waals surface area contributed by atoms with Crippen LogP contribution in [0.1, 0.15) is 33.4 Å². The largest absolute Gasteiger partial charge is 0.309 e. The molecule has 0 atom stereocenters. The Hall–Kier alpha value is -5.34. The lowest BCUT2D eigenvalue weighted by Crippen LogP contribution is -2.15. The molecule has 0 aromatic heterocycles. The minimum Gasteiger partial charge on any atom is -0.309 e. The van der Waals surface area contributed by atoms with E-state index in [0.29, 0.717) is 0 Å². The lowest BCUT2D eigenvalue weighted by Gasteiger charge is -2.33. The van der Waals surface area contributed by atoms with E-state index < -0.39 is 0 Å². The van der Waals surface area contributed by atoms with Gasteiger partial charge in [0.2, 0.25) is 0 Å². The molecule has 0 unspecified atom stereocenters. The molecule has 0 aliphatic heterocycles. The second-order valence-corrected chi connectivity index (χ2v) is 12.8. The summed E-state index contributed by atoms with van der Waals surface area (Å²) >= 11 is 0. The van der Waals surface area contributed by atoms with Crippen molar-refractivity contribution >= 4 is 55.7 Å². The van der Waals surface area contributed by atoms with Crippen LogP contribution in [0.15, 0.2) is 133 Å². The average Bonchev–Trinajstić information content (AvgIpc) is 3.04. The molecule has 0 bridgehead atoms. The summed E-state index contributed by atoms with van der Waals surface area (Å²) in [5.74, 6) is 0. The Morgan fingerprint density at radius 1 is 0.283 bits per heavy atom. The van der Waals surface area contributed by atoms with Crippen LogP contribution in [-0.2, 0) is 0 Å². The van der Waals surface area contributed by atoms with Gasteiger partial charge in [-0.05, 0) is 113 Å². The zero-order valence-corrected chi connectivity index (χ0v) is 27.6. The van der Waals surface area contributed by atoms with Gasteiger partial charge in [-0.3, -0.25) is 0 Å². The highest BCUT2D eigenvalue weighted by Crippen LogP contribution is 2.51. The molecular formula is C44H40N2. The molecule has 226 valence electrons. The number of nitrogens with zero attached hydrogens (tertiary/aromatic N) is 2. The van der Waals surface area contributed by atoms with Gasteiger partial charge in [0.1, 0.15) is 0 Å². The van der Waals surface area contributed by atoms with Crippen molar-refractivity contribution in [2.75, 3.05) is 9.80 Å². The first-order valence-electron chi connectivity index (χ1n) is 16.1. The Morgan fingerprint density at radius 2 is 0.630 bits per heavy atom. The predicted octanol–water partition coefficient (Wildman–Crippen LogP) is 12.8. The number of benzene rings is 7. The molecule has 0 radical (unpaired) electrons. The topological polar surface area (TPSA) is 6.48 Å². The van der Waals surface area contributed by atoms with Gasteiger partial charge in [0.25, 0.3) is 0 Å². The van der Waals surface area contributed by atoms with Crippen LogP contribution in [0.2, 0.25) is 0 Å². The number of fused-ring (bicyclic) bond motifs is 2. The molecule has 7 aromatic rings. The molecule has 0 saturated heterocycles.